The molecule has 0 saturated carbocycles. The SMILES string of the molecule is N#Cc1ccc(OCCN2CCN(S(=O)(=O)c3cc(C(F)(F)F)ccc3Cl)CC2)cc1. The molecule has 3 rings (SSSR count). The smallest absolute Gasteiger partial charge is 0.416 e. The summed E-state index contributed by atoms with van der Waals surface area (Å²) in [4.78, 5) is 1.46. The number of benzene rings is 2. The zero-order valence-corrected chi connectivity index (χ0v) is 17.8. The highest BCUT2D eigenvalue weighted by Crippen LogP contribution is 2.34. The van der Waals surface area contributed by atoms with Gasteiger partial charge in [0.2, 0.25) is 10.0 Å². The molecule has 1 saturated heterocycles. The fourth-order valence-corrected chi connectivity index (χ4v) is 5.05. The maximum Gasteiger partial charge on any atom is 0.416 e. The first-order valence-electron chi connectivity index (χ1n) is 9.33. The van der Waals surface area contributed by atoms with E-state index < -0.39 is 26.7 Å². The molecule has 0 radical (unpaired) electrons. The van der Waals surface area contributed by atoms with Gasteiger partial charge in [-0.3, -0.25) is 4.90 Å². The number of halogens is 4. The lowest BCUT2D eigenvalue weighted by molar-refractivity contribution is -0.137. The molecule has 31 heavy (non-hydrogen) atoms. The molecule has 6 nitrogen and oxygen atoms in total. The van der Waals surface area contributed by atoms with Crippen molar-refractivity contribution in [3.8, 4) is 11.8 Å². The van der Waals surface area contributed by atoms with Gasteiger partial charge in [-0.15, -0.1) is 0 Å². The Kier molecular flexibility index (Phi) is 7.11. The molecule has 0 atom stereocenters. The van der Waals surface area contributed by atoms with Crippen LogP contribution in [0, 0.1) is 11.3 Å². The number of sulfonamides is 1. The molecule has 2 aromatic rings. The van der Waals surface area contributed by atoms with Crippen molar-refractivity contribution in [3.05, 3.63) is 58.6 Å². The molecule has 0 spiro atoms. The molecule has 0 aromatic heterocycles. The maximum atomic E-state index is 13.0. The largest absolute Gasteiger partial charge is 0.492 e. The first kappa shape index (κ1) is 23.3. The van der Waals surface area contributed by atoms with Gasteiger partial charge >= 0.3 is 6.18 Å². The molecule has 1 aliphatic rings. The van der Waals surface area contributed by atoms with Crippen LogP contribution in [0.5, 0.6) is 5.75 Å². The number of nitrogens with zero attached hydrogens (tertiary/aromatic N) is 3. The van der Waals surface area contributed by atoms with Crippen LogP contribution in [0.15, 0.2) is 47.4 Å². The molecule has 0 amide bonds. The Labute approximate surface area is 183 Å². The van der Waals surface area contributed by atoms with E-state index in [2.05, 4.69) is 0 Å². The predicted octanol–water partition coefficient (Wildman–Crippen LogP) is 3.62. The Balaban J connectivity index is 1.57. The molecule has 0 bridgehead atoms. The van der Waals surface area contributed by atoms with E-state index >= 15 is 0 Å². The summed E-state index contributed by atoms with van der Waals surface area (Å²) < 4.78 is 71.4. The summed E-state index contributed by atoms with van der Waals surface area (Å²) in [6.45, 7) is 2.01. The van der Waals surface area contributed by atoms with Crippen LogP contribution in [0.1, 0.15) is 11.1 Å². The molecular weight excluding hydrogens is 455 g/mol. The Bertz CT molecular complexity index is 1060. The standard InChI is InChI=1S/C20H19ClF3N3O3S/c21-18-6-3-16(20(22,23)24)13-19(18)31(28,29)27-9-7-26(8-10-27)11-12-30-17-4-1-15(14-25)2-5-17/h1-6,13H,7-12H2. The number of nitriles is 1. The highest BCUT2D eigenvalue weighted by molar-refractivity contribution is 7.89. The topological polar surface area (TPSA) is 73.6 Å². The quantitative estimate of drug-likeness (QED) is 0.640. The van der Waals surface area contributed by atoms with E-state index in [0.717, 1.165) is 16.4 Å². The first-order valence-corrected chi connectivity index (χ1v) is 11.2. The number of alkyl halides is 3. The maximum absolute atomic E-state index is 13.0. The normalized spacial score (nSPS) is 16.1. The number of rotatable bonds is 6. The van der Waals surface area contributed by atoms with Crippen LogP contribution in [0.2, 0.25) is 5.02 Å². The molecule has 166 valence electrons. The van der Waals surface area contributed by atoms with Gasteiger partial charge in [0, 0.05) is 32.7 Å². The first-order chi connectivity index (χ1) is 14.6. The third kappa shape index (κ3) is 5.68. The van der Waals surface area contributed by atoms with E-state index in [4.69, 9.17) is 21.6 Å². The minimum atomic E-state index is -4.66. The van der Waals surface area contributed by atoms with Gasteiger partial charge in [0.1, 0.15) is 17.3 Å². The van der Waals surface area contributed by atoms with Crippen LogP contribution in [0.4, 0.5) is 13.2 Å². The molecule has 1 aliphatic heterocycles. The van der Waals surface area contributed by atoms with Crippen LogP contribution < -0.4 is 4.74 Å². The number of hydrogen-bond acceptors (Lipinski definition) is 5. The van der Waals surface area contributed by atoms with Gasteiger partial charge in [0.05, 0.1) is 22.2 Å². The average Bonchev–Trinajstić information content (AvgIpc) is 2.74. The van der Waals surface area contributed by atoms with E-state index in [1.54, 1.807) is 24.3 Å². The summed E-state index contributed by atoms with van der Waals surface area (Å²) in [5.74, 6) is 0.624. The molecule has 1 fully saturated rings. The molecule has 11 heteroatoms. The molecule has 0 aliphatic carbocycles. The van der Waals surface area contributed by atoms with E-state index in [1.807, 2.05) is 11.0 Å². The molecule has 2 aromatic carbocycles. The van der Waals surface area contributed by atoms with Crippen molar-refractivity contribution in [1.29, 1.82) is 5.26 Å². The van der Waals surface area contributed by atoms with Gasteiger partial charge in [-0.05, 0) is 42.5 Å². The van der Waals surface area contributed by atoms with Crippen molar-refractivity contribution in [3.63, 3.8) is 0 Å². The van der Waals surface area contributed by atoms with Gasteiger partial charge in [0.15, 0.2) is 0 Å². The van der Waals surface area contributed by atoms with Crippen molar-refractivity contribution in [2.45, 2.75) is 11.1 Å². The zero-order chi connectivity index (χ0) is 22.6. The second-order valence-electron chi connectivity index (χ2n) is 6.87. The minimum Gasteiger partial charge on any atom is -0.492 e. The number of piperazine rings is 1. The van der Waals surface area contributed by atoms with Gasteiger partial charge in [0.25, 0.3) is 0 Å². The van der Waals surface area contributed by atoms with Gasteiger partial charge in [-0.2, -0.15) is 22.7 Å². The summed E-state index contributed by atoms with van der Waals surface area (Å²) in [5.41, 5.74) is -0.528. The monoisotopic (exact) mass is 473 g/mol. The summed E-state index contributed by atoms with van der Waals surface area (Å²) in [6, 6.07) is 11.0. The summed E-state index contributed by atoms with van der Waals surface area (Å²) in [5, 5.41) is 8.54. The Hall–Kier alpha value is -2.32. The highest BCUT2D eigenvalue weighted by atomic mass is 35.5. The third-order valence-electron chi connectivity index (χ3n) is 4.87. The van der Waals surface area contributed by atoms with E-state index in [-0.39, 0.29) is 18.1 Å². The van der Waals surface area contributed by atoms with Gasteiger partial charge in [-0.1, -0.05) is 11.6 Å². The van der Waals surface area contributed by atoms with Gasteiger partial charge in [-0.25, -0.2) is 8.42 Å². The Morgan fingerprint density at radius 3 is 2.29 bits per heavy atom. The molecule has 1 heterocycles. The second-order valence-corrected chi connectivity index (χ2v) is 9.19. The number of hydrogen-bond donors (Lipinski definition) is 0. The predicted molar refractivity (Wildman–Crippen MR) is 108 cm³/mol. The minimum absolute atomic E-state index is 0.131. The van der Waals surface area contributed by atoms with Crippen LogP contribution in [0.25, 0.3) is 0 Å². The highest BCUT2D eigenvalue weighted by Gasteiger charge is 2.35. The average molecular weight is 474 g/mol. The van der Waals surface area contributed by atoms with Crippen molar-refractivity contribution in [2.24, 2.45) is 0 Å². The summed E-state index contributed by atoms with van der Waals surface area (Å²) in [6.07, 6.45) is -4.66. The Morgan fingerprint density at radius 1 is 1.06 bits per heavy atom. The fraction of sp³-hybridized carbons (Fsp3) is 0.350. The van der Waals surface area contributed by atoms with Crippen molar-refractivity contribution >= 4 is 21.6 Å². The summed E-state index contributed by atoms with van der Waals surface area (Å²) in [7, 11) is -4.15. The molecular formula is C20H19ClF3N3O3S. The van der Waals surface area contributed by atoms with Crippen molar-refractivity contribution in [1.82, 2.24) is 9.21 Å². The zero-order valence-electron chi connectivity index (χ0n) is 16.3. The van der Waals surface area contributed by atoms with Crippen LogP contribution in [-0.2, 0) is 16.2 Å². The summed E-state index contributed by atoms with van der Waals surface area (Å²) >= 11 is 5.91. The third-order valence-corrected chi connectivity index (χ3v) is 7.25. The van der Waals surface area contributed by atoms with Gasteiger partial charge < -0.3 is 4.74 Å². The lowest BCUT2D eigenvalue weighted by atomic mass is 10.2. The Morgan fingerprint density at radius 2 is 1.71 bits per heavy atom. The lowest BCUT2D eigenvalue weighted by Gasteiger charge is -2.34. The van der Waals surface area contributed by atoms with E-state index in [0.29, 0.717) is 43.6 Å². The fourth-order valence-electron chi connectivity index (χ4n) is 3.13. The molecule has 0 N–H and O–H groups in total. The second kappa shape index (κ2) is 9.44. The van der Waals surface area contributed by atoms with Crippen LogP contribution in [0.3, 0.4) is 0 Å². The molecule has 0 unspecified atom stereocenters. The lowest BCUT2D eigenvalue weighted by Crippen LogP contribution is -2.49. The van der Waals surface area contributed by atoms with E-state index in [1.165, 1.54) is 0 Å². The van der Waals surface area contributed by atoms with Crippen molar-refractivity contribution < 1.29 is 26.3 Å². The van der Waals surface area contributed by atoms with Crippen LogP contribution in [-0.4, -0.2) is 57.0 Å². The van der Waals surface area contributed by atoms with Crippen molar-refractivity contribution in [2.75, 3.05) is 39.3 Å². The van der Waals surface area contributed by atoms with E-state index in [9.17, 15) is 21.6 Å². The number of ether oxygens (including phenoxy) is 1. The van der Waals surface area contributed by atoms with Crippen LogP contribution >= 0.6 is 11.6 Å².